The maximum absolute atomic E-state index is 12.7. The fraction of sp³-hybridized carbons (Fsp3) is 0.348. The molecular weight excluding hydrogens is 410 g/mol. The van der Waals surface area contributed by atoms with Crippen molar-refractivity contribution in [3.63, 3.8) is 0 Å². The van der Waals surface area contributed by atoms with Crippen molar-refractivity contribution in [3.05, 3.63) is 48.5 Å². The Bertz CT molecular complexity index is 982. The normalized spacial score (nSPS) is 18.5. The van der Waals surface area contributed by atoms with Crippen LogP contribution in [0.1, 0.15) is 6.42 Å². The number of rotatable bonds is 5. The van der Waals surface area contributed by atoms with Gasteiger partial charge in [0.15, 0.2) is 0 Å². The number of benzene rings is 2. The average Bonchev–Trinajstić information content (AvgIpc) is 2.84. The van der Waals surface area contributed by atoms with Crippen LogP contribution in [0.25, 0.3) is 0 Å². The van der Waals surface area contributed by atoms with E-state index in [4.69, 9.17) is 9.47 Å². The highest BCUT2D eigenvalue weighted by atomic mass is 16.5. The van der Waals surface area contributed by atoms with E-state index in [1.165, 1.54) is 0 Å². The first kappa shape index (κ1) is 21.5. The molecule has 1 fully saturated rings. The van der Waals surface area contributed by atoms with Gasteiger partial charge in [0.1, 0.15) is 17.5 Å². The van der Waals surface area contributed by atoms with Crippen LogP contribution in [-0.4, -0.2) is 69.1 Å². The summed E-state index contributed by atoms with van der Waals surface area (Å²) in [4.78, 5) is 33.8. The minimum Gasteiger partial charge on any atom is -0.497 e. The number of hydrogen-bond donors (Lipinski definition) is 2. The number of aliphatic imine (C=N–C) groups is 1. The minimum atomic E-state index is -0.763. The topological polar surface area (TPSA) is 95.5 Å². The molecule has 0 saturated carbocycles. The van der Waals surface area contributed by atoms with Crippen molar-refractivity contribution in [1.82, 2.24) is 10.2 Å². The lowest BCUT2D eigenvalue weighted by molar-refractivity contribution is -0.125. The van der Waals surface area contributed by atoms with Crippen LogP contribution in [0.3, 0.4) is 0 Å². The van der Waals surface area contributed by atoms with Crippen molar-refractivity contribution >= 4 is 29.1 Å². The lowest BCUT2D eigenvalue weighted by Crippen LogP contribution is -2.56. The van der Waals surface area contributed by atoms with Crippen LogP contribution in [0.4, 0.5) is 11.4 Å². The van der Waals surface area contributed by atoms with Gasteiger partial charge in [-0.1, -0.05) is 0 Å². The van der Waals surface area contributed by atoms with Gasteiger partial charge in [-0.2, -0.15) is 0 Å². The Hall–Kier alpha value is -3.75. The van der Waals surface area contributed by atoms with Crippen LogP contribution >= 0.6 is 0 Å². The van der Waals surface area contributed by atoms with E-state index < -0.39 is 6.04 Å². The zero-order valence-corrected chi connectivity index (χ0v) is 18.2. The summed E-state index contributed by atoms with van der Waals surface area (Å²) >= 11 is 0. The van der Waals surface area contributed by atoms with Crippen LogP contribution in [-0.2, 0) is 9.59 Å². The summed E-state index contributed by atoms with van der Waals surface area (Å²) in [5.74, 6) is 1.48. The SMILES string of the molecule is COc1ccc(NC(=O)C2CC(=O)NC(N3CCN(c4ccc(OC)cc4)CC3)=N2)cc1. The molecule has 9 nitrogen and oxygen atoms in total. The van der Waals surface area contributed by atoms with E-state index in [2.05, 4.69) is 20.5 Å². The molecule has 9 heteroatoms. The molecule has 2 aromatic carbocycles. The van der Waals surface area contributed by atoms with Crippen LogP contribution in [0.2, 0.25) is 0 Å². The van der Waals surface area contributed by atoms with E-state index in [1.54, 1.807) is 38.5 Å². The molecule has 0 radical (unpaired) electrons. The number of carbonyl (C=O) groups excluding carboxylic acids is 2. The minimum absolute atomic E-state index is 0.0251. The Labute approximate surface area is 187 Å². The zero-order chi connectivity index (χ0) is 22.5. The highest BCUT2D eigenvalue weighted by Gasteiger charge is 2.30. The maximum atomic E-state index is 12.7. The quantitative estimate of drug-likeness (QED) is 0.740. The second kappa shape index (κ2) is 9.59. The summed E-state index contributed by atoms with van der Waals surface area (Å²) in [6.07, 6.45) is 0.0251. The van der Waals surface area contributed by atoms with Crippen LogP contribution < -0.4 is 25.0 Å². The number of anilines is 2. The van der Waals surface area contributed by atoms with E-state index in [-0.39, 0.29) is 18.2 Å². The first-order chi connectivity index (χ1) is 15.6. The molecule has 0 bridgehead atoms. The van der Waals surface area contributed by atoms with Crippen molar-refractivity contribution in [2.75, 3.05) is 50.6 Å². The molecule has 2 aliphatic heterocycles. The number of nitrogens with one attached hydrogen (secondary N) is 2. The van der Waals surface area contributed by atoms with Crippen molar-refractivity contribution in [2.45, 2.75) is 12.5 Å². The van der Waals surface area contributed by atoms with Crippen LogP contribution in [0.5, 0.6) is 11.5 Å². The number of carbonyl (C=O) groups is 2. The molecule has 168 valence electrons. The van der Waals surface area contributed by atoms with Gasteiger partial charge in [-0.05, 0) is 48.5 Å². The van der Waals surface area contributed by atoms with Crippen molar-refractivity contribution < 1.29 is 19.1 Å². The van der Waals surface area contributed by atoms with Gasteiger partial charge in [0.25, 0.3) is 0 Å². The Morgan fingerprint density at radius 2 is 1.50 bits per heavy atom. The van der Waals surface area contributed by atoms with Gasteiger partial charge in [0.2, 0.25) is 17.8 Å². The summed E-state index contributed by atoms with van der Waals surface area (Å²) in [5.41, 5.74) is 1.75. The van der Waals surface area contributed by atoms with Gasteiger partial charge in [0.05, 0.1) is 20.6 Å². The summed E-state index contributed by atoms with van der Waals surface area (Å²) in [6, 6.07) is 14.2. The first-order valence-electron chi connectivity index (χ1n) is 10.5. The van der Waals surface area contributed by atoms with Gasteiger partial charge in [0, 0.05) is 37.6 Å². The molecule has 4 rings (SSSR count). The summed E-state index contributed by atoms with van der Waals surface area (Å²) in [5, 5.41) is 5.65. The third-order valence-corrected chi connectivity index (χ3v) is 5.59. The number of methoxy groups -OCH3 is 2. The second-order valence-electron chi connectivity index (χ2n) is 7.61. The van der Waals surface area contributed by atoms with Gasteiger partial charge < -0.3 is 24.6 Å². The monoisotopic (exact) mass is 437 g/mol. The molecule has 2 aromatic rings. The van der Waals surface area contributed by atoms with E-state index in [1.807, 2.05) is 29.2 Å². The van der Waals surface area contributed by atoms with Crippen molar-refractivity contribution in [2.24, 2.45) is 4.99 Å². The molecule has 0 spiro atoms. The Morgan fingerprint density at radius 3 is 2.09 bits per heavy atom. The van der Waals surface area contributed by atoms with Gasteiger partial charge in [-0.15, -0.1) is 0 Å². The fourth-order valence-corrected chi connectivity index (χ4v) is 3.76. The Morgan fingerprint density at radius 1 is 0.938 bits per heavy atom. The molecule has 2 N–H and O–H groups in total. The van der Waals surface area contributed by atoms with Crippen molar-refractivity contribution in [3.8, 4) is 11.5 Å². The molecule has 0 aromatic heterocycles. The largest absolute Gasteiger partial charge is 0.497 e. The van der Waals surface area contributed by atoms with E-state index in [9.17, 15) is 9.59 Å². The van der Waals surface area contributed by atoms with Gasteiger partial charge in [-0.25, -0.2) is 4.99 Å². The summed E-state index contributed by atoms with van der Waals surface area (Å²) < 4.78 is 10.3. The highest BCUT2D eigenvalue weighted by molar-refractivity contribution is 6.06. The molecular formula is C23H27N5O4. The molecule has 1 saturated heterocycles. The molecule has 2 amide bonds. The lowest BCUT2D eigenvalue weighted by Gasteiger charge is -2.38. The third-order valence-electron chi connectivity index (χ3n) is 5.59. The first-order valence-corrected chi connectivity index (χ1v) is 10.5. The molecule has 1 unspecified atom stereocenters. The fourth-order valence-electron chi connectivity index (χ4n) is 3.76. The standard InChI is InChI=1S/C23H27N5O4/c1-31-18-7-3-16(4-8-18)24-22(30)20-15-21(29)26-23(25-20)28-13-11-27(12-14-28)17-5-9-19(32-2)10-6-17/h3-10,20H,11-15H2,1-2H3,(H,24,30)(H,25,26,29). The predicted octanol–water partition coefficient (Wildman–Crippen LogP) is 1.71. The molecule has 0 aliphatic carbocycles. The Balaban J connectivity index is 1.38. The lowest BCUT2D eigenvalue weighted by atomic mass is 10.1. The summed E-state index contributed by atoms with van der Waals surface area (Å²) in [7, 11) is 3.23. The van der Waals surface area contributed by atoms with Crippen LogP contribution in [0, 0.1) is 0 Å². The maximum Gasteiger partial charge on any atom is 0.249 e. The number of ether oxygens (including phenoxy) is 2. The van der Waals surface area contributed by atoms with E-state index in [0.29, 0.717) is 30.5 Å². The van der Waals surface area contributed by atoms with E-state index in [0.717, 1.165) is 24.5 Å². The highest BCUT2D eigenvalue weighted by Crippen LogP contribution is 2.21. The van der Waals surface area contributed by atoms with E-state index >= 15 is 0 Å². The summed E-state index contributed by atoms with van der Waals surface area (Å²) in [6.45, 7) is 2.95. The number of guanidine groups is 1. The van der Waals surface area contributed by atoms with Gasteiger partial charge >= 0.3 is 0 Å². The molecule has 32 heavy (non-hydrogen) atoms. The number of amides is 2. The predicted molar refractivity (Wildman–Crippen MR) is 122 cm³/mol. The molecule has 1 atom stereocenters. The smallest absolute Gasteiger partial charge is 0.249 e. The van der Waals surface area contributed by atoms with Crippen LogP contribution in [0.15, 0.2) is 53.5 Å². The number of nitrogens with zero attached hydrogens (tertiary/aromatic N) is 3. The second-order valence-corrected chi connectivity index (χ2v) is 7.61. The number of piperazine rings is 1. The third kappa shape index (κ3) is 4.93. The molecule has 2 heterocycles. The number of hydrogen-bond acceptors (Lipinski definition) is 7. The zero-order valence-electron chi connectivity index (χ0n) is 18.2. The van der Waals surface area contributed by atoms with Gasteiger partial charge in [-0.3, -0.25) is 14.9 Å². The van der Waals surface area contributed by atoms with Crippen molar-refractivity contribution in [1.29, 1.82) is 0 Å². The average molecular weight is 438 g/mol. The Kier molecular flexibility index (Phi) is 6.44. The molecule has 2 aliphatic rings.